The minimum atomic E-state index is -0.0937. The van der Waals surface area contributed by atoms with Crippen LogP contribution in [0.15, 0.2) is 22.7 Å². The topological polar surface area (TPSA) is 12.0 Å². The third-order valence-corrected chi connectivity index (χ3v) is 5.30. The second kappa shape index (κ2) is 7.73. The lowest BCUT2D eigenvalue weighted by molar-refractivity contribution is 0.174. The first kappa shape index (κ1) is 17.0. The smallest absolute Gasteiger partial charge is 0.129 e. The van der Waals surface area contributed by atoms with Crippen molar-refractivity contribution in [2.24, 2.45) is 17.8 Å². The Bertz CT molecular complexity index is 432. The van der Waals surface area contributed by atoms with Crippen molar-refractivity contribution in [3.63, 3.8) is 0 Å². The maximum absolute atomic E-state index is 14.4. The minimum absolute atomic E-state index is 0.0937. The summed E-state index contributed by atoms with van der Waals surface area (Å²) in [7, 11) is 0. The van der Waals surface area contributed by atoms with Gasteiger partial charge in [-0.3, -0.25) is 0 Å². The number of benzene rings is 1. The number of nitrogens with one attached hydrogen (secondary N) is 1. The van der Waals surface area contributed by atoms with Crippen LogP contribution in [0.1, 0.15) is 58.1 Å². The lowest BCUT2D eigenvalue weighted by Crippen LogP contribution is -2.34. The first-order valence-electron chi connectivity index (χ1n) is 8.20. The fourth-order valence-corrected chi connectivity index (χ4v) is 4.48. The molecule has 1 aromatic rings. The summed E-state index contributed by atoms with van der Waals surface area (Å²) in [5, 5.41) is 3.61. The maximum Gasteiger partial charge on any atom is 0.129 e. The molecule has 0 amide bonds. The minimum Gasteiger partial charge on any atom is -0.310 e. The summed E-state index contributed by atoms with van der Waals surface area (Å²) in [6.45, 7) is 7.75. The molecule has 0 aliphatic heterocycles. The molecule has 0 heterocycles. The van der Waals surface area contributed by atoms with Gasteiger partial charge in [0.05, 0.1) is 0 Å². The molecule has 0 saturated heterocycles. The van der Waals surface area contributed by atoms with Crippen LogP contribution >= 0.6 is 15.9 Å². The van der Waals surface area contributed by atoms with Gasteiger partial charge in [0, 0.05) is 16.1 Å². The van der Waals surface area contributed by atoms with E-state index in [0.29, 0.717) is 5.92 Å². The van der Waals surface area contributed by atoms with Gasteiger partial charge in [-0.05, 0) is 62.1 Å². The fourth-order valence-electron chi connectivity index (χ4n) is 3.89. The highest BCUT2D eigenvalue weighted by Crippen LogP contribution is 2.42. The van der Waals surface area contributed by atoms with Gasteiger partial charge in [0.25, 0.3) is 0 Å². The average molecular weight is 356 g/mol. The molecule has 1 aliphatic carbocycles. The summed E-state index contributed by atoms with van der Waals surface area (Å²) in [5.41, 5.74) is 0.817. The van der Waals surface area contributed by atoms with Crippen LogP contribution in [0.25, 0.3) is 0 Å². The van der Waals surface area contributed by atoms with Crippen LogP contribution in [-0.4, -0.2) is 6.54 Å². The Balaban J connectivity index is 2.29. The van der Waals surface area contributed by atoms with Crippen molar-refractivity contribution >= 4 is 15.9 Å². The van der Waals surface area contributed by atoms with Crippen LogP contribution in [0, 0.1) is 23.6 Å². The lowest BCUT2D eigenvalue weighted by Gasteiger charge is -2.37. The van der Waals surface area contributed by atoms with Crippen molar-refractivity contribution in [1.82, 2.24) is 5.32 Å². The Kier molecular flexibility index (Phi) is 6.24. The van der Waals surface area contributed by atoms with Gasteiger partial charge in [-0.1, -0.05) is 42.8 Å². The van der Waals surface area contributed by atoms with Gasteiger partial charge < -0.3 is 5.32 Å². The molecule has 2 rings (SSSR count). The summed E-state index contributed by atoms with van der Waals surface area (Å²) in [5.74, 6) is 1.89. The highest BCUT2D eigenvalue weighted by atomic mass is 79.9. The fraction of sp³-hybridized carbons (Fsp3) is 0.667. The first-order chi connectivity index (χ1) is 10.0. The zero-order valence-electron chi connectivity index (χ0n) is 13.3. The van der Waals surface area contributed by atoms with E-state index in [4.69, 9.17) is 0 Å². The van der Waals surface area contributed by atoms with E-state index in [2.05, 4.69) is 42.0 Å². The number of hydrogen-bond acceptors (Lipinski definition) is 1. The molecule has 1 aromatic carbocycles. The van der Waals surface area contributed by atoms with Crippen LogP contribution in [-0.2, 0) is 0 Å². The van der Waals surface area contributed by atoms with Crippen LogP contribution < -0.4 is 5.32 Å². The number of halogens is 2. The molecule has 3 atom stereocenters. The molecule has 1 saturated carbocycles. The van der Waals surface area contributed by atoms with Gasteiger partial charge in [0.2, 0.25) is 0 Å². The summed E-state index contributed by atoms with van der Waals surface area (Å²) >= 11 is 3.56. The third kappa shape index (κ3) is 4.29. The molecule has 0 radical (unpaired) electrons. The summed E-state index contributed by atoms with van der Waals surface area (Å²) < 4.78 is 15.3. The van der Waals surface area contributed by atoms with E-state index in [-0.39, 0.29) is 11.9 Å². The van der Waals surface area contributed by atoms with E-state index >= 15 is 0 Å². The van der Waals surface area contributed by atoms with Crippen molar-refractivity contribution in [2.75, 3.05) is 6.54 Å². The second-order valence-electron chi connectivity index (χ2n) is 6.74. The molecule has 118 valence electrons. The lowest BCUT2D eigenvalue weighted by atomic mass is 9.72. The van der Waals surface area contributed by atoms with Gasteiger partial charge in [0.1, 0.15) is 5.82 Å². The number of rotatable bonds is 5. The van der Waals surface area contributed by atoms with Crippen molar-refractivity contribution in [1.29, 1.82) is 0 Å². The van der Waals surface area contributed by atoms with Crippen LogP contribution in [0.3, 0.4) is 0 Å². The average Bonchev–Trinajstić information content (AvgIpc) is 2.41. The van der Waals surface area contributed by atoms with Crippen molar-refractivity contribution in [3.05, 3.63) is 34.1 Å². The molecule has 1 aliphatic rings. The van der Waals surface area contributed by atoms with E-state index in [9.17, 15) is 4.39 Å². The summed E-state index contributed by atoms with van der Waals surface area (Å²) in [6.07, 6.45) is 4.74. The Hall–Kier alpha value is -0.410. The molecular formula is C18H27BrFN. The van der Waals surface area contributed by atoms with E-state index in [1.165, 1.54) is 19.3 Å². The number of hydrogen-bond donors (Lipinski definition) is 1. The predicted molar refractivity (Wildman–Crippen MR) is 90.8 cm³/mol. The highest BCUT2D eigenvalue weighted by Gasteiger charge is 2.32. The monoisotopic (exact) mass is 355 g/mol. The van der Waals surface area contributed by atoms with E-state index < -0.39 is 0 Å². The Morgan fingerprint density at radius 1 is 1.24 bits per heavy atom. The van der Waals surface area contributed by atoms with Crippen molar-refractivity contribution in [2.45, 2.75) is 52.5 Å². The third-order valence-electron chi connectivity index (χ3n) is 4.61. The molecule has 3 heteroatoms. The summed E-state index contributed by atoms with van der Waals surface area (Å²) in [4.78, 5) is 0. The van der Waals surface area contributed by atoms with Gasteiger partial charge in [-0.2, -0.15) is 0 Å². The van der Waals surface area contributed by atoms with Crippen LogP contribution in [0.4, 0.5) is 4.39 Å². The highest BCUT2D eigenvalue weighted by molar-refractivity contribution is 9.10. The molecule has 1 N–H and O–H groups in total. The largest absolute Gasteiger partial charge is 0.310 e. The SMILES string of the molecule is CCCNC(c1c(F)cccc1Br)C1CC(C)CC(C)C1. The van der Waals surface area contributed by atoms with Gasteiger partial charge in [-0.25, -0.2) is 4.39 Å². The van der Waals surface area contributed by atoms with E-state index in [1.807, 2.05) is 6.07 Å². The maximum atomic E-state index is 14.4. The van der Waals surface area contributed by atoms with Crippen molar-refractivity contribution < 1.29 is 4.39 Å². The van der Waals surface area contributed by atoms with Gasteiger partial charge in [-0.15, -0.1) is 0 Å². The first-order valence-corrected chi connectivity index (χ1v) is 8.99. The molecule has 21 heavy (non-hydrogen) atoms. The molecule has 1 fully saturated rings. The molecule has 1 nitrogen and oxygen atoms in total. The van der Waals surface area contributed by atoms with Gasteiger partial charge in [0.15, 0.2) is 0 Å². The molecule has 0 spiro atoms. The molecular weight excluding hydrogens is 329 g/mol. The predicted octanol–water partition coefficient (Wildman–Crippen LogP) is 5.70. The van der Waals surface area contributed by atoms with E-state index in [0.717, 1.165) is 34.8 Å². The molecule has 0 bridgehead atoms. The quantitative estimate of drug-likeness (QED) is 0.713. The Morgan fingerprint density at radius 3 is 2.48 bits per heavy atom. The van der Waals surface area contributed by atoms with Crippen LogP contribution in [0.5, 0.6) is 0 Å². The molecule has 3 unspecified atom stereocenters. The zero-order chi connectivity index (χ0) is 15.4. The summed E-state index contributed by atoms with van der Waals surface area (Å²) in [6, 6.07) is 5.42. The molecule has 0 aromatic heterocycles. The Labute approximate surface area is 136 Å². The second-order valence-corrected chi connectivity index (χ2v) is 7.60. The van der Waals surface area contributed by atoms with Crippen molar-refractivity contribution in [3.8, 4) is 0 Å². The van der Waals surface area contributed by atoms with E-state index in [1.54, 1.807) is 12.1 Å². The van der Waals surface area contributed by atoms with Gasteiger partial charge >= 0.3 is 0 Å². The normalized spacial score (nSPS) is 27.6. The standard InChI is InChI=1S/C18H27BrFN/c1-4-8-21-18(14-10-12(2)9-13(3)11-14)17-15(19)6-5-7-16(17)20/h5-7,12-14,18,21H,4,8-11H2,1-3H3. The zero-order valence-corrected chi connectivity index (χ0v) is 14.9. The van der Waals surface area contributed by atoms with Crippen LogP contribution in [0.2, 0.25) is 0 Å². The Morgan fingerprint density at radius 2 is 1.90 bits per heavy atom.